The molecule has 9 heteroatoms. The topological polar surface area (TPSA) is 74.6 Å². The summed E-state index contributed by atoms with van der Waals surface area (Å²) in [5.41, 5.74) is 0.612. The number of imide groups is 1. The minimum absolute atomic E-state index is 0.0638. The number of ether oxygens (including phenoxy) is 1. The lowest BCUT2D eigenvalue weighted by Gasteiger charge is -2.21. The molecule has 4 rings (SSSR count). The second-order valence-corrected chi connectivity index (χ2v) is 6.51. The van der Waals surface area contributed by atoms with Gasteiger partial charge in [0.2, 0.25) is 0 Å². The van der Waals surface area contributed by atoms with Gasteiger partial charge in [0.1, 0.15) is 11.6 Å². The maximum atomic E-state index is 14.1. The van der Waals surface area contributed by atoms with E-state index in [9.17, 15) is 14.0 Å². The van der Waals surface area contributed by atoms with Crippen LogP contribution in [0.2, 0.25) is 5.02 Å². The monoisotopic (exact) mass is 388 g/mol. The Bertz CT molecular complexity index is 930. The fourth-order valence-electron chi connectivity index (χ4n) is 3.18. The van der Waals surface area contributed by atoms with Crippen LogP contribution >= 0.6 is 11.6 Å². The third-order valence-electron chi connectivity index (χ3n) is 4.57. The predicted octanol–water partition coefficient (Wildman–Crippen LogP) is 2.98. The van der Waals surface area contributed by atoms with E-state index in [1.54, 1.807) is 30.3 Å². The Morgan fingerprint density at radius 1 is 1.15 bits per heavy atom. The van der Waals surface area contributed by atoms with Crippen molar-refractivity contribution >= 4 is 29.1 Å². The molecule has 0 aliphatic carbocycles. The van der Waals surface area contributed by atoms with Crippen molar-refractivity contribution in [2.75, 3.05) is 12.0 Å². The van der Waals surface area contributed by atoms with E-state index in [4.69, 9.17) is 16.3 Å². The lowest BCUT2D eigenvalue weighted by atomic mass is 10.1. The van der Waals surface area contributed by atoms with E-state index < -0.39 is 29.7 Å². The molecule has 0 radical (unpaired) electrons. The van der Waals surface area contributed by atoms with E-state index in [1.165, 1.54) is 24.3 Å². The number of hydrogen-bond donors (Lipinski definition) is 0. The van der Waals surface area contributed by atoms with Crippen LogP contribution < -0.4 is 9.64 Å². The zero-order valence-corrected chi connectivity index (χ0v) is 14.9. The van der Waals surface area contributed by atoms with Gasteiger partial charge in [-0.05, 0) is 36.4 Å². The molecule has 1 fully saturated rings. The van der Waals surface area contributed by atoms with Crippen molar-refractivity contribution in [1.82, 2.24) is 5.01 Å². The SMILES string of the molecule is COc1ccc(N2C(=O)[C@@H]3N=NN(Cc4c(F)cccc4Cl)[C@H]3C2=O)cc1. The third-order valence-corrected chi connectivity index (χ3v) is 4.92. The molecular formula is C18H14ClFN4O3. The Morgan fingerprint density at radius 2 is 1.89 bits per heavy atom. The normalized spacial score (nSPS) is 21.1. The van der Waals surface area contributed by atoms with Crippen LogP contribution in [0.4, 0.5) is 10.1 Å². The van der Waals surface area contributed by atoms with Crippen molar-refractivity contribution in [3.63, 3.8) is 0 Å². The summed E-state index contributed by atoms with van der Waals surface area (Å²) in [5.74, 6) is -0.841. The predicted molar refractivity (Wildman–Crippen MR) is 94.9 cm³/mol. The molecule has 2 heterocycles. The van der Waals surface area contributed by atoms with Crippen LogP contribution in [-0.2, 0) is 16.1 Å². The van der Waals surface area contributed by atoms with E-state index in [1.807, 2.05) is 0 Å². The average molecular weight is 389 g/mol. The van der Waals surface area contributed by atoms with Crippen LogP contribution in [0.5, 0.6) is 5.75 Å². The van der Waals surface area contributed by atoms with Gasteiger partial charge in [-0.15, -0.1) is 0 Å². The van der Waals surface area contributed by atoms with Crippen LogP contribution in [0, 0.1) is 5.82 Å². The summed E-state index contributed by atoms with van der Waals surface area (Å²) < 4.78 is 19.2. The Hall–Kier alpha value is -3.00. The zero-order chi connectivity index (χ0) is 19.1. The third kappa shape index (κ3) is 2.82. The molecule has 0 bridgehead atoms. The number of benzene rings is 2. The number of hydrogen-bond acceptors (Lipinski definition) is 6. The smallest absolute Gasteiger partial charge is 0.263 e. The Balaban J connectivity index is 1.61. The molecule has 2 aromatic rings. The van der Waals surface area contributed by atoms with Gasteiger partial charge in [0.15, 0.2) is 12.1 Å². The minimum atomic E-state index is -0.954. The van der Waals surface area contributed by atoms with Crippen LogP contribution in [0.1, 0.15) is 5.56 Å². The van der Waals surface area contributed by atoms with E-state index in [0.29, 0.717) is 11.4 Å². The van der Waals surface area contributed by atoms with Crippen molar-refractivity contribution in [1.29, 1.82) is 0 Å². The fourth-order valence-corrected chi connectivity index (χ4v) is 3.41. The molecule has 2 amide bonds. The molecule has 0 unspecified atom stereocenters. The molecule has 0 spiro atoms. The first kappa shape index (κ1) is 17.4. The molecular weight excluding hydrogens is 375 g/mol. The Labute approximate surface area is 159 Å². The minimum Gasteiger partial charge on any atom is -0.497 e. The van der Waals surface area contributed by atoms with Gasteiger partial charge in [0.05, 0.1) is 19.3 Å². The lowest BCUT2D eigenvalue weighted by Crippen LogP contribution is -2.39. The van der Waals surface area contributed by atoms with E-state index >= 15 is 0 Å². The number of anilines is 1. The van der Waals surface area contributed by atoms with Crippen molar-refractivity contribution in [2.24, 2.45) is 10.3 Å². The molecule has 2 aliphatic heterocycles. The number of carbonyl (C=O) groups is 2. The van der Waals surface area contributed by atoms with Gasteiger partial charge in [-0.25, -0.2) is 9.29 Å². The summed E-state index contributed by atoms with van der Waals surface area (Å²) in [5, 5.41) is 9.35. The molecule has 2 atom stereocenters. The molecule has 0 N–H and O–H groups in total. The fraction of sp³-hybridized carbons (Fsp3) is 0.222. The molecule has 1 saturated heterocycles. The number of methoxy groups -OCH3 is 1. The molecule has 7 nitrogen and oxygen atoms in total. The second-order valence-electron chi connectivity index (χ2n) is 6.10. The first-order valence-corrected chi connectivity index (χ1v) is 8.51. The first-order chi connectivity index (χ1) is 13.0. The van der Waals surface area contributed by atoms with Gasteiger partial charge in [0.25, 0.3) is 11.8 Å². The molecule has 138 valence electrons. The summed E-state index contributed by atoms with van der Waals surface area (Å²) in [6.45, 7) is -0.0638. The number of fused-ring (bicyclic) bond motifs is 1. The first-order valence-electron chi connectivity index (χ1n) is 8.13. The van der Waals surface area contributed by atoms with Gasteiger partial charge in [0, 0.05) is 10.6 Å². The van der Waals surface area contributed by atoms with E-state index in [2.05, 4.69) is 10.3 Å². The summed E-state index contributed by atoms with van der Waals surface area (Å²) in [6.07, 6.45) is 0. The number of halogens is 2. The molecule has 2 aromatic carbocycles. The van der Waals surface area contributed by atoms with Crippen LogP contribution in [-0.4, -0.2) is 36.0 Å². The van der Waals surface area contributed by atoms with Gasteiger partial charge in [-0.3, -0.25) is 14.6 Å². The number of nitrogens with zero attached hydrogens (tertiary/aromatic N) is 4. The van der Waals surface area contributed by atoms with Gasteiger partial charge in [-0.1, -0.05) is 22.9 Å². The summed E-state index contributed by atoms with van der Waals surface area (Å²) in [6, 6.07) is 8.99. The maximum absolute atomic E-state index is 14.1. The zero-order valence-electron chi connectivity index (χ0n) is 14.2. The highest BCUT2D eigenvalue weighted by atomic mass is 35.5. The Morgan fingerprint density at radius 3 is 2.56 bits per heavy atom. The quantitative estimate of drug-likeness (QED) is 0.755. The highest BCUT2D eigenvalue weighted by Gasteiger charge is 2.54. The van der Waals surface area contributed by atoms with Gasteiger partial charge in [-0.2, -0.15) is 5.11 Å². The Kier molecular flexibility index (Phi) is 4.27. The highest BCUT2D eigenvalue weighted by Crippen LogP contribution is 2.34. The van der Waals surface area contributed by atoms with E-state index in [-0.39, 0.29) is 17.1 Å². The number of amides is 2. The number of carbonyl (C=O) groups excluding carboxylic acids is 2. The molecule has 0 saturated carbocycles. The average Bonchev–Trinajstić information content (AvgIpc) is 3.19. The van der Waals surface area contributed by atoms with Crippen LogP contribution in [0.25, 0.3) is 0 Å². The van der Waals surface area contributed by atoms with Crippen molar-refractivity contribution in [3.8, 4) is 5.75 Å². The summed E-state index contributed by atoms with van der Waals surface area (Å²) >= 11 is 6.06. The lowest BCUT2D eigenvalue weighted by molar-refractivity contribution is -0.123. The summed E-state index contributed by atoms with van der Waals surface area (Å²) in [4.78, 5) is 26.7. The van der Waals surface area contributed by atoms with Crippen molar-refractivity contribution in [2.45, 2.75) is 18.6 Å². The summed E-state index contributed by atoms with van der Waals surface area (Å²) in [7, 11) is 1.53. The largest absolute Gasteiger partial charge is 0.497 e. The standard InChI is InChI=1S/C18H14ClFN4O3/c1-27-11-7-5-10(6-8-11)24-17(25)15-16(18(24)26)23(22-21-15)9-12-13(19)3-2-4-14(12)20/h2-8,15-16H,9H2,1H3/t15-,16-/m1/s1. The maximum Gasteiger partial charge on any atom is 0.263 e. The van der Waals surface area contributed by atoms with Crippen LogP contribution in [0.3, 0.4) is 0 Å². The van der Waals surface area contributed by atoms with Crippen molar-refractivity contribution < 1.29 is 18.7 Å². The number of rotatable bonds is 4. The molecule has 27 heavy (non-hydrogen) atoms. The van der Waals surface area contributed by atoms with Gasteiger partial charge < -0.3 is 4.74 Å². The van der Waals surface area contributed by atoms with E-state index in [0.717, 1.165) is 4.90 Å². The molecule has 0 aromatic heterocycles. The van der Waals surface area contributed by atoms with Crippen LogP contribution in [0.15, 0.2) is 52.8 Å². The molecule has 2 aliphatic rings. The van der Waals surface area contributed by atoms with Crippen molar-refractivity contribution in [3.05, 3.63) is 58.9 Å². The second kappa shape index (κ2) is 6.62. The highest BCUT2D eigenvalue weighted by molar-refractivity contribution is 6.31. The van der Waals surface area contributed by atoms with Gasteiger partial charge >= 0.3 is 0 Å².